The van der Waals surface area contributed by atoms with Crippen LogP contribution in [0.5, 0.6) is 0 Å². The average Bonchev–Trinajstić information content (AvgIpc) is 4.07. The third kappa shape index (κ3) is 11.7. The van der Waals surface area contributed by atoms with Crippen LogP contribution in [0.15, 0.2) is 36.5 Å². The number of imide groups is 6. The lowest BCUT2D eigenvalue weighted by Gasteiger charge is -2.22. The fourth-order valence-corrected chi connectivity index (χ4v) is 7.15. The van der Waals surface area contributed by atoms with E-state index in [0.717, 1.165) is 65.9 Å². The second-order valence-electron chi connectivity index (χ2n) is 14.9. The molecule has 0 aromatic heterocycles. The zero-order valence-electron chi connectivity index (χ0n) is 34.5. The van der Waals surface area contributed by atoms with Crippen LogP contribution in [0.4, 0.5) is 0 Å². The molecule has 24 nitrogen and oxygen atoms in total. The quantitative estimate of drug-likeness (QED) is 0.0559. The predicted molar refractivity (Wildman–Crippen MR) is 207 cm³/mol. The SMILES string of the molecule is O=C1C=CC(=O)N1CCOCCN1C(=O)CC(OCC(COC2CC(=O)N(CCOCCN3C(=O)C=CC3=O)C2=O)COC2CC(=O)N(CCOCCN3C(=O)C=CC3=O)C2=O)C1=O. The second kappa shape index (κ2) is 21.9. The lowest BCUT2D eigenvalue weighted by atomic mass is 10.1. The first-order valence-corrected chi connectivity index (χ1v) is 20.4. The van der Waals surface area contributed by atoms with Gasteiger partial charge >= 0.3 is 0 Å². The number of ether oxygens (including phenoxy) is 6. The van der Waals surface area contributed by atoms with Gasteiger partial charge in [-0.05, 0) is 0 Å². The van der Waals surface area contributed by atoms with Crippen molar-refractivity contribution < 1.29 is 86.0 Å². The predicted octanol–water partition coefficient (Wildman–Crippen LogP) is -4.14. The van der Waals surface area contributed by atoms with Gasteiger partial charge in [-0.1, -0.05) is 0 Å². The lowest BCUT2D eigenvalue weighted by Crippen LogP contribution is -2.39. The monoisotopic (exact) mass is 898 g/mol. The molecule has 6 aliphatic rings. The summed E-state index contributed by atoms with van der Waals surface area (Å²) in [6.45, 7) is -1.59. The van der Waals surface area contributed by atoms with Crippen molar-refractivity contribution in [3.63, 3.8) is 0 Å². The third-order valence-corrected chi connectivity index (χ3v) is 10.7. The molecule has 24 heteroatoms. The van der Waals surface area contributed by atoms with Crippen molar-refractivity contribution in [1.82, 2.24) is 29.4 Å². The van der Waals surface area contributed by atoms with Gasteiger partial charge in [0.05, 0.1) is 118 Å². The molecule has 3 unspecified atom stereocenters. The van der Waals surface area contributed by atoms with Gasteiger partial charge in [0, 0.05) is 42.4 Å². The number of carbonyl (C=O) groups excluding carboxylic acids is 12. The summed E-state index contributed by atoms with van der Waals surface area (Å²) in [5.41, 5.74) is 0. The van der Waals surface area contributed by atoms with Crippen LogP contribution in [0, 0.1) is 5.92 Å². The van der Waals surface area contributed by atoms with Gasteiger partial charge in [-0.2, -0.15) is 0 Å². The van der Waals surface area contributed by atoms with Crippen LogP contribution in [0.25, 0.3) is 0 Å². The maximum atomic E-state index is 13.2. The number of amides is 12. The number of nitrogens with zero attached hydrogens (tertiary/aromatic N) is 6. The van der Waals surface area contributed by atoms with Crippen molar-refractivity contribution in [3.05, 3.63) is 36.5 Å². The number of hydrogen-bond acceptors (Lipinski definition) is 18. The first-order chi connectivity index (χ1) is 30.7. The Morgan fingerprint density at radius 1 is 0.359 bits per heavy atom. The molecule has 0 bridgehead atoms. The first-order valence-electron chi connectivity index (χ1n) is 20.4. The van der Waals surface area contributed by atoms with E-state index in [1.165, 1.54) is 0 Å². The minimum Gasteiger partial charge on any atom is -0.378 e. The fraction of sp³-hybridized carbons (Fsp3) is 0.550. The fourth-order valence-electron chi connectivity index (χ4n) is 7.15. The van der Waals surface area contributed by atoms with Crippen LogP contribution in [-0.2, 0) is 86.0 Å². The van der Waals surface area contributed by atoms with Crippen LogP contribution in [-0.4, -0.2) is 217 Å². The average molecular weight is 899 g/mol. The van der Waals surface area contributed by atoms with Crippen molar-refractivity contribution in [3.8, 4) is 0 Å². The Morgan fingerprint density at radius 3 is 0.812 bits per heavy atom. The van der Waals surface area contributed by atoms with E-state index in [4.69, 9.17) is 28.4 Å². The van der Waals surface area contributed by atoms with E-state index in [1.54, 1.807) is 0 Å². The first kappa shape index (κ1) is 47.3. The highest BCUT2D eigenvalue weighted by Crippen LogP contribution is 2.22. The van der Waals surface area contributed by atoms with E-state index in [9.17, 15) is 57.5 Å². The molecular formula is C40H46N6O18. The Hall–Kier alpha value is -6.18. The summed E-state index contributed by atoms with van der Waals surface area (Å²) in [6, 6.07) is 0. The van der Waals surface area contributed by atoms with Crippen molar-refractivity contribution in [2.24, 2.45) is 5.92 Å². The number of hydrogen-bond donors (Lipinski definition) is 0. The molecule has 344 valence electrons. The Morgan fingerprint density at radius 2 is 0.578 bits per heavy atom. The van der Waals surface area contributed by atoms with Crippen LogP contribution in [0.2, 0.25) is 0 Å². The molecule has 12 amide bonds. The molecular weight excluding hydrogens is 852 g/mol. The summed E-state index contributed by atoms with van der Waals surface area (Å²) in [4.78, 5) is 154. The van der Waals surface area contributed by atoms with Gasteiger partial charge in [0.1, 0.15) is 18.3 Å². The van der Waals surface area contributed by atoms with Gasteiger partial charge in [0.15, 0.2) is 0 Å². The summed E-state index contributed by atoms with van der Waals surface area (Å²) >= 11 is 0. The van der Waals surface area contributed by atoms with Crippen LogP contribution >= 0.6 is 0 Å². The molecule has 3 saturated heterocycles. The van der Waals surface area contributed by atoms with E-state index in [1.807, 2.05) is 0 Å². The Kier molecular flexibility index (Phi) is 16.2. The Balaban J connectivity index is 0.974. The van der Waals surface area contributed by atoms with Crippen molar-refractivity contribution in [1.29, 1.82) is 0 Å². The standard InChI is InChI=1S/C40H46N6O18/c47-29-1-2-30(48)41(29)7-13-59-16-10-44-35(53)19-26(38(44)56)62-22-25(23-63-27-20-36(54)45(39(27)57)11-17-60-14-8-42-31(49)3-4-32(42)50)24-64-28-21-37(55)46(40(28)58)12-18-61-15-9-43-33(51)5-6-34(43)52/h1-6,25-28H,7-24H2. The summed E-state index contributed by atoms with van der Waals surface area (Å²) in [7, 11) is 0. The van der Waals surface area contributed by atoms with E-state index in [2.05, 4.69) is 0 Å². The molecule has 0 saturated carbocycles. The second-order valence-corrected chi connectivity index (χ2v) is 14.9. The minimum atomic E-state index is -1.22. The van der Waals surface area contributed by atoms with E-state index >= 15 is 0 Å². The van der Waals surface area contributed by atoms with E-state index < -0.39 is 95.1 Å². The number of carbonyl (C=O) groups is 12. The summed E-state index contributed by atoms with van der Waals surface area (Å²) in [5.74, 6) is -7.24. The number of likely N-dealkylation sites (tertiary alicyclic amines) is 3. The van der Waals surface area contributed by atoms with Gasteiger partial charge in [0.2, 0.25) is 17.7 Å². The molecule has 6 heterocycles. The molecule has 3 fully saturated rings. The molecule has 0 aromatic rings. The van der Waals surface area contributed by atoms with Crippen LogP contribution in [0.3, 0.4) is 0 Å². The topological polar surface area (TPSA) is 280 Å². The summed E-state index contributed by atoms with van der Waals surface area (Å²) < 4.78 is 33.9. The smallest absolute Gasteiger partial charge is 0.258 e. The van der Waals surface area contributed by atoms with Crippen LogP contribution < -0.4 is 0 Å². The van der Waals surface area contributed by atoms with Gasteiger partial charge in [0.25, 0.3) is 53.2 Å². The summed E-state index contributed by atoms with van der Waals surface area (Å²) in [6.07, 6.45) is 2.26. The molecule has 3 atom stereocenters. The molecule has 6 rings (SSSR count). The van der Waals surface area contributed by atoms with Crippen LogP contribution in [0.1, 0.15) is 19.3 Å². The Labute approximate surface area is 364 Å². The van der Waals surface area contributed by atoms with Crippen molar-refractivity contribution in [2.75, 3.05) is 98.7 Å². The molecule has 0 aliphatic carbocycles. The maximum absolute atomic E-state index is 13.2. The van der Waals surface area contributed by atoms with E-state index in [0.29, 0.717) is 0 Å². The maximum Gasteiger partial charge on any atom is 0.258 e. The Bertz CT molecular complexity index is 1760. The van der Waals surface area contributed by atoms with Gasteiger partial charge in [-0.3, -0.25) is 86.9 Å². The highest BCUT2D eigenvalue weighted by Gasteiger charge is 2.43. The molecule has 6 aliphatic heterocycles. The van der Waals surface area contributed by atoms with Gasteiger partial charge in [-0.25, -0.2) is 0 Å². The normalized spacial score (nSPS) is 23.0. The molecule has 0 radical (unpaired) electrons. The largest absolute Gasteiger partial charge is 0.378 e. The highest BCUT2D eigenvalue weighted by molar-refractivity contribution is 6.14. The van der Waals surface area contributed by atoms with Crippen molar-refractivity contribution >= 4 is 70.9 Å². The molecule has 0 aromatic carbocycles. The van der Waals surface area contributed by atoms with Crippen molar-refractivity contribution in [2.45, 2.75) is 37.6 Å². The summed E-state index contributed by atoms with van der Waals surface area (Å²) in [5, 5.41) is 0. The highest BCUT2D eigenvalue weighted by atomic mass is 16.5. The molecule has 0 N–H and O–H groups in total. The zero-order valence-corrected chi connectivity index (χ0v) is 34.5. The number of rotatable bonds is 27. The zero-order chi connectivity index (χ0) is 45.9. The van der Waals surface area contributed by atoms with E-state index in [-0.39, 0.29) is 118 Å². The van der Waals surface area contributed by atoms with Gasteiger partial charge in [-0.15, -0.1) is 0 Å². The van der Waals surface area contributed by atoms with Gasteiger partial charge < -0.3 is 28.4 Å². The molecule has 64 heavy (non-hydrogen) atoms. The third-order valence-electron chi connectivity index (χ3n) is 10.7. The lowest BCUT2D eigenvalue weighted by molar-refractivity contribution is -0.146. The molecule has 0 spiro atoms. The minimum absolute atomic E-state index is 0.0133.